The summed E-state index contributed by atoms with van der Waals surface area (Å²) in [6.45, 7) is 3.94. The molecule has 1 aromatic carbocycles. The van der Waals surface area contributed by atoms with Crippen molar-refractivity contribution in [1.82, 2.24) is 24.8 Å². The van der Waals surface area contributed by atoms with Gasteiger partial charge in [0.2, 0.25) is 0 Å². The molecule has 10 heteroatoms. The van der Waals surface area contributed by atoms with Gasteiger partial charge in [-0.1, -0.05) is 12.1 Å². The molecule has 0 radical (unpaired) electrons. The number of carbonyl (C=O) groups excluding carboxylic acids is 1. The number of pyridine rings is 2. The van der Waals surface area contributed by atoms with Crippen LogP contribution in [-0.2, 0) is 16.2 Å². The lowest BCUT2D eigenvalue weighted by atomic mass is 10.0. The van der Waals surface area contributed by atoms with Crippen LogP contribution in [0, 0.1) is 6.92 Å². The standard InChI is InChI=1S/C23H24N8O2/c1-12-15(5-4-6-17(12)24)18-7-14-8-20(26-10-16(14)23(25)27-18)28-21-9-19-13(2)33-30(3)22(32)11-31(19)29-21/h4-10,13H,11,24H2,1-3H3,(H2,25,27)(H,26,28,29)/t13-/m1/s1. The van der Waals surface area contributed by atoms with Crippen LogP contribution in [0.4, 0.5) is 23.1 Å². The molecule has 0 aliphatic carbocycles. The summed E-state index contributed by atoms with van der Waals surface area (Å²) in [5.41, 5.74) is 16.4. The Morgan fingerprint density at radius 3 is 2.82 bits per heavy atom. The van der Waals surface area contributed by atoms with Gasteiger partial charge in [0.1, 0.15) is 24.3 Å². The van der Waals surface area contributed by atoms with Gasteiger partial charge >= 0.3 is 0 Å². The second-order valence-electron chi connectivity index (χ2n) is 8.08. The predicted octanol–water partition coefficient (Wildman–Crippen LogP) is 3.17. The number of rotatable bonds is 3. The number of likely N-dealkylation sites (N-methyl/N-ethyl adjacent to an activating group) is 1. The molecule has 33 heavy (non-hydrogen) atoms. The second kappa shape index (κ2) is 7.75. The van der Waals surface area contributed by atoms with E-state index in [4.69, 9.17) is 16.3 Å². The van der Waals surface area contributed by atoms with Gasteiger partial charge in [0.05, 0.1) is 11.4 Å². The van der Waals surface area contributed by atoms with E-state index in [1.165, 1.54) is 5.06 Å². The topological polar surface area (TPSA) is 137 Å². The van der Waals surface area contributed by atoms with E-state index < -0.39 is 0 Å². The van der Waals surface area contributed by atoms with E-state index in [1.54, 1.807) is 17.9 Å². The number of hydroxylamine groups is 2. The lowest BCUT2D eigenvalue weighted by Gasteiger charge is -2.16. The van der Waals surface area contributed by atoms with Crippen molar-refractivity contribution >= 4 is 39.8 Å². The van der Waals surface area contributed by atoms with Gasteiger partial charge in [-0.25, -0.2) is 15.0 Å². The van der Waals surface area contributed by atoms with Crippen molar-refractivity contribution in [1.29, 1.82) is 0 Å². The molecule has 4 aromatic rings. The molecule has 0 bridgehead atoms. The van der Waals surface area contributed by atoms with Crippen LogP contribution in [0.5, 0.6) is 0 Å². The summed E-state index contributed by atoms with van der Waals surface area (Å²) in [5.74, 6) is 1.38. The van der Waals surface area contributed by atoms with Crippen LogP contribution in [-0.4, -0.2) is 37.8 Å². The van der Waals surface area contributed by atoms with Crippen LogP contribution in [0.2, 0.25) is 0 Å². The molecule has 0 spiro atoms. The van der Waals surface area contributed by atoms with Gasteiger partial charge in [0.25, 0.3) is 5.91 Å². The molecule has 1 atom stereocenters. The van der Waals surface area contributed by atoms with E-state index in [-0.39, 0.29) is 18.6 Å². The zero-order valence-corrected chi connectivity index (χ0v) is 18.5. The normalized spacial score (nSPS) is 16.0. The molecule has 1 amide bonds. The Bertz CT molecular complexity index is 1400. The van der Waals surface area contributed by atoms with Crippen molar-refractivity contribution in [3.63, 3.8) is 0 Å². The van der Waals surface area contributed by atoms with Crippen LogP contribution in [0.1, 0.15) is 24.3 Å². The summed E-state index contributed by atoms with van der Waals surface area (Å²) in [7, 11) is 1.60. The smallest absolute Gasteiger partial charge is 0.267 e. The quantitative estimate of drug-likeness (QED) is 0.410. The minimum Gasteiger partial charge on any atom is -0.398 e. The summed E-state index contributed by atoms with van der Waals surface area (Å²) in [6.07, 6.45) is 1.37. The number of carbonyl (C=O) groups is 1. The van der Waals surface area contributed by atoms with Crippen molar-refractivity contribution < 1.29 is 9.63 Å². The number of amides is 1. The highest BCUT2D eigenvalue weighted by Gasteiger charge is 2.25. The molecule has 0 fully saturated rings. The molecular weight excluding hydrogens is 420 g/mol. The molecule has 5 rings (SSSR count). The van der Waals surface area contributed by atoms with Crippen molar-refractivity contribution in [3.05, 3.63) is 53.9 Å². The first-order chi connectivity index (χ1) is 15.8. The first-order valence-corrected chi connectivity index (χ1v) is 10.5. The molecule has 0 saturated carbocycles. The van der Waals surface area contributed by atoms with E-state index in [1.807, 2.05) is 50.2 Å². The summed E-state index contributed by atoms with van der Waals surface area (Å²) < 4.78 is 1.64. The number of nitrogens with one attached hydrogen (secondary N) is 1. The predicted molar refractivity (Wildman–Crippen MR) is 126 cm³/mol. The van der Waals surface area contributed by atoms with Crippen LogP contribution in [0.25, 0.3) is 22.0 Å². The lowest BCUT2D eigenvalue weighted by Crippen LogP contribution is -2.28. The van der Waals surface area contributed by atoms with Gasteiger partial charge in [-0.3, -0.25) is 14.3 Å². The molecule has 5 N–H and O–H groups in total. The fourth-order valence-corrected chi connectivity index (χ4v) is 3.97. The SMILES string of the molecule is Cc1c(N)cccc1-c1cc2cc(Nc3cc4n(n3)CC(=O)N(C)O[C@@H]4C)ncc2c(N)n1. The van der Waals surface area contributed by atoms with Crippen LogP contribution in [0.15, 0.2) is 42.6 Å². The monoisotopic (exact) mass is 444 g/mol. The number of hydrogen-bond donors (Lipinski definition) is 3. The highest BCUT2D eigenvalue weighted by atomic mass is 16.7. The van der Waals surface area contributed by atoms with E-state index >= 15 is 0 Å². The molecule has 10 nitrogen and oxygen atoms in total. The number of anilines is 4. The summed E-state index contributed by atoms with van der Waals surface area (Å²) in [5, 5.41) is 10.6. The number of hydrogen-bond acceptors (Lipinski definition) is 8. The van der Waals surface area contributed by atoms with E-state index in [0.717, 1.165) is 33.3 Å². The maximum atomic E-state index is 12.1. The zero-order valence-electron chi connectivity index (χ0n) is 18.5. The second-order valence-corrected chi connectivity index (χ2v) is 8.08. The average molecular weight is 444 g/mol. The molecule has 0 unspecified atom stereocenters. The average Bonchev–Trinajstić information content (AvgIpc) is 3.13. The zero-order chi connectivity index (χ0) is 23.3. The largest absolute Gasteiger partial charge is 0.398 e. The fraction of sp³-hybridized carbons (Fsp3) is 0.217. The van der Waals surface area contributed by atoms with Crippen molar-refractivity contribution in [2.75, 3.05) is 23.8 Å². The number of nitrogens with two attached hydrogens (primary N) is 2. The molecule has 1 aliphatic heterocycles. The van der Waals surface area contributed by atoms with Gasteiger partial charge in [0, 0.05) is 35.9 Å². The Hall–Kier alpha value is -4.18. The molecule has 0 saturated heterocycles. The lowest BCUT2D eigenvalue weighted by molar-refractivity contribution is -0.192. The summed E-state index contributed by atoms with van der Waals surface area (Å²) in [4.78, 5) is 26.8. The highest BCUT2D eigenvalue weighted by molar-refractivity contribution is 5.95. The van der Waals surface area contributed by atoms with E-state index in [2.05, 4.69) is 20.4 Å². The third-order valence-electron chi connectivity index (χ3n) is 5.83. The Morgan fingerprint density at radius 2 is 2.00 bits per heavy atom. The maximum Gasteiger partial charge on any atom is 0.267 e. The van der Waals surface area contributed by atoms with Gasteiger partial charge in [-0.15, -0.1) is 0 Å². The van der Waals surface area contributed by atoms with E-state index in [0.29, 0.717) is 23.1 Å². The van der Waals surface area contributed by atoms with Crippen LogP contribution in [0.3, 0.4) is 0 Å². The number of fused-ring (bicyclic) bond motifs is 2. The number of aromatic nitrogens is 4. The van der Waals surface area contributed by atoms with Crippen LogP contribution >= 0.6 is 0 Å². The summed E-state index contributed by atoms with van der Waals surface area (Å²) >= 11 is 0. The van der Waals surface area contributed by atoms with Gasteiger partial charge in [0.15, 0.2) is 5.82 Å². The van der Waals surface area contributed by atoms with E-state index in [9.17, 15) is 4.79 Å². The minimum atomic E-state index is -0.316. The molecule has 1 aliphatic rings. The first-order valence-electron chi connectivity index (χ1n) is 10.5. The Kier molecular flexibility index (Phi) is 4.86. The third kappa shape index (κ3) is 3.70. The molecule has 4 heterocycles. The molecular formula is C23H24N8O2. The maximum absolute atomic E-state index is 12.1. The van der Waals surface area contributed by atoms with Crippen molar-refractivity contribution in [2.45, 2.75) is 26.5 Å². The summed E-state index contributed by atoms with van der Waals surface area (Å²) in [6, 6.07) is 11.4. The first kappa shape index (κ1) is 20.7. The Morgan fingerprint density at radius 1 is 1.18 bits per heavy atom. The molecule has 3 aromatic heterocycles. The van der Waals surface area contributed by atoms with Gasteiger partial charge < -0.3 is 16.8 Å². The minimum absolute atomic E-state index is 0.105. The van der Waals surface area contributed by atoms with Crippen LogP contribution < -0.4 is 16.8 Å². The fourth-order valence-electron chi connectivity index (χ4n) is 3.97. The number of nitrogen functional groups attached to an aromatic ring is 2. The van der Waals surface area contributed by atoms with Crippen molar-refractivity contribution in [2.24, 2.45) is 0 Å². The third-order valence-corrected chi connectivity index (χ3v) is 5.83. The van der Waals surface area contributed by atoms with Gasteiger partial charge in [-0.2, -0.15) is 5.10 Å². The molecule has 168 valence electrons. The Labute approximate surface area is 190 Å². The number of nitrogens with zero attached hydrogens (tertiary/aromatic N) is 5. The number of benzene rings is 1. The van der Waals surface area contributed by atoms with Crippen molar-refractivity contribution in [3.8, 4) is 11.3 Å². The van der Waals surface area contributed by atoms with Gasteiger partial charge in [-0.05, 0) is 43.0 Å². The highest BCUT2D eigenvalue weighted by Crippen LogP contribution is 2.32. The Balaban J connectivity index is 1.50.